The van der Waals surface area contributed by atoms with Crippen LogP contribution in [0.3, 0.4) is 0 Å². The van der Waals surface area contributed by atoms with Gasteiger partial charge >= 0.3 is 0 Å². The first-order chi connectivity index (χ1) is 13.2. The molecule has 0 aliphatic heterocycles. The molecule has 148 valence electrons. The Morgan fingerprint density at radius 3 is 2.64 bits per heavy atom. The highest BCUT2D eigenvalue weighted by Crippen LogP contribution is 2.27. The number of halogens is 2. The molecule has 9 nitrogen and oxygen atoms in total. The lowest BCUT2D eigenvalue weighted by atomic mass is 10.2. The number of nitro benzene ring substituents is 1. The zero-order valence-corrected chi connectivity index (χ0v) is 17.3. The van der Waals surface area contributed by atoms with Gasteiger partial charge in [-0.25, -0.2) is 4.98 Å². The largest absolute Gasteiger partial charge is 0.323 e. The molecule has 0 saturated carbocycles. The molecule has 2 amide bonds. The van der Waals surface area contributed by atoms with Crippen LogP contribution in [0, 0.1) is 10.1 Å². The van der Waals surface area contributed by atoms with Crippen molar-refractivity contribution in [1.29, 1.82) is 0 Å². The van der Waals surface area contributed by atoms with E-state index >= 15 is 0 Å². The zero-order chi connectivity index (χ0) is 20.8. The predicted molar refractivity (Wildman–Crippen MR) is 109 cm³/mol. The molecule has 0 saturated heterocycles. The maximum atomic E-state index is 12.4. The molecule has 2 N–H and O–H groups in total. The van der Waals surface area contributed by atoms with E-state index in [1.807, 2.05) is 0 Å². The Hall–Kier alpha value is -2.56. The van der Waals surface area contributed by atoms with Crippen LogP contribution in [0.1, 0.15) is 6.92 Å². The maximum absolute atomic E-state index is 12.4. The normalized spacial score (nSPS) is 11.8. The number of hydrogen-bond donors (Lipinski definition) is 2. The van der Waals surface area contributed by atoms with Crippen molar-refractivity contribution in [2.75, 3.05) is 24.2 Å². The van der Waals surface area contributed by atoms with Crippen LogP contribution in [-0.4, -0.2) is 46.3 Å². The highest BCUT2D eigenvalue weighted by atomic mass is 79.9. The molecular formula is C17H17BrClN5O4. The van der Waals surface area contributed by atoms with E-state index in [2.05, 4.69) is 31.5 Å². The number of carbonyl (C=O) groups is 2. The minimum atomic E-state index is -0.695. The van der Waals surface area contributed by atoms with E-state index in [9.17, 15) is 19.7 Å². The molecule has 1 heterocycles. The van der Waals surface area contributed by atoms with Crippen molar-refractivity contribution >= 4 is 56.5 Å². The number of nitro groups is 1. The predicted octanol–water partition coefficient (Wildman–Crippen LogP) is 3.30. The standard InChI is InChI=1S/C17H17BrClN5O4/c1-10(17(26)21-14-7-12(24(27)28)4-5-13(14)19)23(2)9-16(25)22-15-6-3-11(18)8-20-15/h3-8,10H,9H2,1-2H3,(H,21,26)(H,20,22,25). The number of likely N-dealkylation sites (N-methyl/N-ethyl adjacent to an activating group) is 1. The minimum absolute atomic E-state index is 0.0605. The third kappa shape index (κ3) is 5.98. The van der Waals surface area contributed by atoms with E-state index in [4.69, 9.17) is 11.6 Å². The van der Waals surface area contributed by atoms with Gasteiger partial charge in [-0.3, -0.25) is 24.6 Å². The van der Waals surface area contributed by atoms with Crippen molar-refractivity contribution in [2.24, 2.45) is 0 Å². The van der Waals surface area contributed by atoms with Crippen LogP contribution in [0.4, 0.5) is 17.2 Å². The fourth-order valence-corrected chi connectivity index (χ4v) is 2.55. The maximum Gasteiger partial charge on any atom is 0.271 e. The summed E-state index contributed by atoms with van der Waals surface area (Å²) in [6, 6.07) is 6.45. The highest BCUT2D eigenvalue weighted by Gasteiger charge is 2.22. The Kier molecular flexibility index (Phi) is 7.44. The van der Waals surface area contributed by atoms with E-state index < -0.39 is 16.9 Å². The van der Waals surface area contributed by atoms with E-state index in [1.54, 1.807) is 32.3 Å². The minimum Gasteiger partial charge on any atom is -0.323 e. The molecule has 0 aliphatic carbocycles. The topological polar surface area (TPSA) is 117 Å². The number of amides is 2. The molecule has 2 rings (SSSR count). The summed E-state index contributed by atoms with van der Waals surface area (Å²) in [7, 11) is 1.61. The molecule has 1 atom stereocenters. The molecule has 1 aromatic carbocycles. The average Bonchev–Trinajstić information content (AvgIpc) is 2.64. The van der Waals surface area contributed by atoms with Gasteiger partial charge in [0.1, 0.15) is 5.82 Å². The number of aromatic nitrogens is 1. The number of nitrogens with zero attached hydrogens (tertiary/aromatic N) is 3. The zero-order valence-electron chi connectivity index (χ0n) is 15.0. The molecule has 11 heteroatoms. The van der Waals surface area contributed by atoms with Crippen LogP contribution in [0.25, 0.3) is 0 Å². The molecule has 28 heavy (non-hydrogen) atoms. The first kappa shape index (κ1) is 21.7. The quantitative estimate of drug-likeness (QED) is 0.473. The first-order valence-corrected chi connectivity index (χ1v) is 9.21. The second kappa shape index (κ2) is 9.58. The van der Waals surface area contributed by atoms with Crippen molar-refractivity contribution in [3.63, 3.8) is 0 Å². The highest BCUT2D eigenvalue weighted by molar-refractivity contribution is 9.10. The Labute approximate surface area is 174 Å². The summed E-state index contributed by atoms with van der Waals surface area (Å²) >= 11 is 9.25. The van der Waals surface area contributed by atoms with Gasteiger partial charge in [-0.05, 0) is 48.1 Å². The molecule has 0 radical (unpaired) electrons. The summed E-state index contributed by atoms with van der Waals surface area (Å²) in [5, 5.41) is 16.2. The Balaban J connectivity index is 1.96. The SMILES string of the molecule is CC(C(=O)Nc1cc([N+](=O)[O-])ccc1Cl)N(C)CC(=O)Nc1ccc(Br)cn1. The van der Waals surface area contributed by atoms with E-state index in [-0.39, 0.29) is 28.8 Å². The van der Waals surface area contributed by atoms with Gasteiger partial charge in [0.2, 0.25) is 11.8 Å². The molecule has 1 unspecified atom stereocenters. The van der Waals surface area contributed by atoms with Gasteiger partial charge in [-0.1, -0.05) is 11.6 Å². The van der Waals surface area contributed by atoms with Gasteiger partial charge in [0.25, 0.3) is 5.69 Å². The lowest BCUT2D eigenvalue weighted by Crippen LogP contribution is -2.43. The van der Waals surface area contributed by atoms with E-state index in [1.165, 1.54) is 23.1 Å². The van der Waals surface area contributed by atoms with Crippen LogP contribution < -0.4 is 10.6 Å². The second-order valence-corrected chi connectivity index (χ2v) is 7.23. The number of benzene rings is 1. The smallest absolute Gasteiger partial charge is 0.271 e. The van der Waals surface area contributed by atoms with Crippen molar-refractivity contribution < 1.29 is 14.5 Å². The fraction of sp³-hybridized carbons (Fsp3) is 0.235. The van der Waals surface area contributed by atoms with Crippen LogP contribution in [-0.2, 0) is 9.59 Å². The first-order valence-electron chi connectivity index (χ1n) is 8.04. The van der Waals surface area contributed by atoms with Gasteiger partial charge in [-0.15, -0.1) is 0 Å². The van der Waals surface area contributed by atoms with Crippen LogP contribution in [0.15, 0.2) is 41.0 Å². The number of nitrogens with one attached hydrogen (secondary N) is 2. The number of hydrogen-bond acceptors (Lipinski definition) is 6. The molecule has 1 aromatic heterocycles. The Morgan fingerprint density at radius 1 is 1.32 bits per heavy atom. The number of pyridine rings is 1. The second-order valence-electron chi connectivity index (χ2n) is 5.91. The number of carbonyl (C=O) groups excluding carboxylic acids is 2. The van der Waals surface area contributed by atoms with Gasteiger partial charge in [0.05, 0.1) is 28.2 Å². The van der Waals surface area contributed by atoms with Crippen LogP contribution >= 0.6 is 27.5 Å². The molecule has 0 bridgehead atoms. The van der Waals surface area contributed by atoms with Crippen LogP contribution in [0.2, 0.25) is 5.02 Å². The lowest BCUT2D eigenvalue weighted by Gasteiger charge is -2.23. The monoisotopic (exact) mass is 469 g/mol. The summed E-state index contributed by atoms with van der Waals surface area (Å²) < 4.78 is 0.785. The van der Waals surface area contributed by atoms with Gasteiger partial charge in [-0.2, -0.15) is 0 Å². The summed E-state index contributed by atoms with van der Waals surface area (Å²) in [4.78, 5) is 40.4. The molecule has 0 fully saturated rings. The third-order valence-electron chi connectivity index (χ3n) is 3.85. The van der Waals surface area contributed by atoms with Crippen molar-refractivity contribution in [1.82, 2.24) is 9.88 Å². The van der Waals surface area contributed by atoms with Gasteiger partial charge in [0, 0.05) is 22.8 Å². The molecular weight excluding hydrogens is 454 g/mol. The number of non-ortho nitro benzene ring substituents is 1. The summed E-state index contributed by atoms with van der Waals surface area (Å²) in [5.41, 5.74) is -0.0632. The Bertz CT molecular complexity index is 894. The summed E-state index contributed by atoms with van der Waals surface area (Å²) in [6.07, 6.45) is 1.55. The van der Waals surface area contributed by atoms with Crippen LogP contribution in [0.5, 0.6) is 0 Å². The van der Waals surface area contributed by atoms with Crippen molar-refractivity contribution in [3.8, 4) is 0 Å². The average molecular weight is 471 g/mol. The summed E-state index contributed by atoms with van der Waals surface area (Å²) in [6.45, 7) is 1.54. The fourth-order valence-electron chi connectivity index (χ4n) is 2.16. The number of rotatable bonds is 7. The van der Waals surface area contributed by atoms with Crippen molar-refractivity contribution in [3.05, 3.63) is 56.1 Å². The van der Waals surface area contributed by atoms with Gasteiger partial charge < -0.3 is 10.6 Å². The number of anilines is 2. The summed E-state index contributed by atoms with van der Waals surface area (Å²) in [5.74, 6) is -0.410. The van der Waals surface area contributed by atoms with E-state index in [0.717, 1.165) is 4.47 Å². The molecule has 0 spiro atoms. The lowest BCUT2D eigenvalue weighted by molar-refractivity contribution is -0.384. The van der Waals surface area contributed by atoms with Crippen molar-refractivity contribution in [2.45, 2.75) is 13.0 Å². The Morgan fingerprint density at radius 2 is 2.04 bits per heavy atom. The molecule has 2 aromatic rings. The molecule has 0 aliphatic rings. The van der Waals surface area contributed by atoms with Gasteiger partial charge in [0.15, 0.2) is 0 Å². The van der Waals surface area contributed by atoms with E-state index in [0.29, 0.717) is 5.82 Å². The third-order valence-corrected chi connectivity index (χ3v) is 4.65.